The van der Waals surface area contributed by atoms with Crippen molar-refractivity contribution in [2.45, 2.75) is 20.4 Å². The molecule has 21 heavy (non-hydrogen) atoms. The number of benzene rings is 1. The lowest BCUT2D eigenvalue weighted by molar-refractivity contribution is 0.0949. The van der Waals surface area contributed by atoms with Crippen LogP contribution in [0.3, 0.4) is 0 Å². The Hall–Kier alpha value is -2.58. The van der Waals surface area contributed by atoms with Gasteiger partial charge in [0, 0.05) is 17.2 Å². The average molecular weight is 283 g/mol. The van der Waals surface area contributed by atoms with Crippen LogP contribution in [0.5, 0.6) is 0 Å². The highest BCUT2D eigenvalue weighted by atomic mass is 16.5. The van der Waals surface area contributed by atoms with Gasteiger partial charge in [-0.25, -0.2) is 0 Å². The van der Waals surface area contributed by atoms with Crippen molar-refractivity contribution in [3.63, 3.8) is 0 Å². The number of nitrogens with two attached hydrogens (primary N) is 1. The van der Waals surface area contributed by atoms with Crippen LogP contribution < -0.4 is 11.1 Å². The van der Waals surface area contributed by atoms with Gasteiger partial charge in [-0.1, -0.05) is 23.1 Å². The van der Waals surface area contributed by atoms with E-state index >= 15 is 0 Å². The Bertz CT molecular complexity index is 708. The summed E-state index contributed by atoms with van der Waals surface area (Å²) in [6.45, 7) is 4.30. The van der Waals surface area contributed by atoms with E-state index in [1.54, 1.807) is 12.1 Å². The third-order valence-corrected chi connectivity index (χ3v) is 3.01. The van der Waals surface area contributed by atoms with E-state index in [2.05, 4.69) is 22.3 Å². The van der Waals surface area contributed by atoms with E-state index in [-0.39, 0.29) is 5.91 Å². The summed E-state index contributed by atoms with van der Waals surface area (Å²) in [4.78, 5) is 12.2. The van der Waals surface area contributed by atoms with Gasteiger partial charge in [-0.3, -0.25) is 4.79 Å². The number of nitrogens with zero attached hydrogens (tertiary/aromatic N) is 1. The highest BCUT2D eigenvalue weighted by molar-refractivity contribution is 5.96. The zero-order valence-electron chi connectivity index (χ0n) is 12.1. The minimum Gasteiger partial charge on any atom is -0.361 e. The minimum atomic E-state index is -0.162. The molecule has 0 bridgehead atoms. The summed E-state index contributed by atoms with van der Waals surface area (Å²) in [5.74, 6) is 6.31. The number of aromatic nitrogens is 1. The second kappa shape index (κ2) is 6.73. The van der Waals surface area contributed by atoms with Crippen LogP contribution in [0.4, 0.5) is 0 Å². The first kappa shape index (κ1) is 14.8. The van der Waals surface area contributed by atoms with Gasteiger partial charge in [0.25, 0.3) is 5.91 Å². The first-order valence-electron chi connectivity index (χ1n) is 6.60. The molecular weight excluding hydrogens is 266 g/mol. The Labute approximate surface area is 123 Å². The van der Waals surface area contributed by atoms with Crippen LogP contribution in [0.15, 0.2) is 28.8 Å². The lowest BCUT2D eigenvalue weighted by Gasteiger charge is -2.08. The van der Waals surface area contributed by atoms with Crippen LogP contribution in [0.2, 0.25) is 0 Å². The topological polar surface area (TPSA) is 81.2 Å². The van der Waals surface area contributed by atoms with Gasteiger partial charge < -0.3 is 15.6 Å². The van der Waals surface area contributed by atoms with Crippen LogP contribution in [-0.2, 0) is 6.54 Å². The number of amides is 1. The molecule has 2 rings (SSSR count). The third-order valence-electron chi connectivity index (χ3n) is 3.01. The Morgan fingerprint density at radius 1 is 1.43 bits per heavy atom. The fourth-order valence-corrected chi connectivity index (χ4v) is 1.93. The van der Waals surface area contributed by atoms with E-state index in [1.807, 2.05) is 26.0 Å². The Morgan fingerprint density at radius 3 is 2.90 bits per heavy atom. The average Bonchev–Trinajstić information content (AvgIpc) is 2.89. The molecule has 1 aromatic heterocycles. The summed E-state index contributed by atoms with van der Waals surface area (Å²) in [5.41, 5.74) is 8.31. The van der Waals surface area contributed by atoms with Crippen LogP contribution in [0, 0.1) is 25.7 Å². The lowest BCUT2D eigenvalue weighted by Crippen LogP contribution is -2.24. The maximum absolute atomic E-state index is 12.2. The summed E-state index contributed by atoms with van der Waals surface area (Å²) in [6, 6.07) is 7.24. The third kappa shape index (κ3) is 3.71. The highest BCUT2D eigenvalue weighted by Gasteiger charge is 2.11. The first-order valence-corrected chi connectivity index (χ1v) is 6.60. The predicted molar refractivity (Wildman–Crippen MR) is 79.5 cm³/mol. The molecular formula is C16H17N3O2. The van der Waals surface area contributed by atoms with Gasteiger partial charge >= 0.3 is 0 Å². The molecule has 0 spiro atoms. The fraction of sp³-hybridized carbons (Fsp3) is 0.250. The Morgan fingerprint density at radius 2 is 2.24 bits per heavy atom. The van der Waals surface area contributed by atoms with Crippen molar-refractivity contribution in [2.75, 3.05) is 6.54 Å². The van der Waals surface area contributed by atoms with Crippen LogP contribution in [-0.4, -0.2) is 17.6 Å². The molecule has 1 amide bonds. The second-order valence-electron chi connectivity index (χ2n) is 4.60. The molecule has 1 heterocycles. The van der Waals surface area contributed by atoms with Crippen molar-refractivity contribution in [3.05, 3.63) is 52.4 Å². The molecule has 0 radical (unpaired) electrons. The maximum Gasteiger partial charge on any atom is 0.251 e. The van der Waals surface area contributed by atoms with E-state index in [0.29, 0.717) is 24.3 Å². The molecule has 2 aromatic rings. The quantitative estimate of drug-likeness (QED) is 0.837. The molecule has 0 saturated heterocycles. The van der Waals surface area contributed by atoms with Gasteiger partial charge in [0.15, 0.2) is 0 Å². The molecule has 0 saturated carbocycles. The number of rotatable bonds is 3. The summed E-state index contributed by atoms with van der Waals surface area (Å²) >= 11 is 0. The van der Waals surface area contributed by atoms with Crippen molar-refractivity contribution in [1.82, 2.24) is 10.5 Å². The SMILES string of the molecule is Cc1cc(CNC(=O)c2cccc(C#CCN)c2C)no1. The van der Waals surface area contributed by atoms with Crippen molar-refractivity contribution >= 4 is 5.91 Å². The standard InChI is InChI=1S/C16H17N3O2/c1-11-9-14(19-21-11)10-18-16(20)15-7-3-5-13(12(15)2)6-4-8-17/h3,5,7,9H,8,10,17H2,1-2H3,(H,18,20). The molecule has 5 heteroatoms. The fourth-order valence-electron chi connectivity index (χ4n) is 1.93. The number of nitrogens with one attached hydrogen (secondary N) is 1. The van der Waals surface area contributed by atoms with Gasteiger partial charge in [-0.05, 0) is 31.5 Å². The molecule has 0 unspecified atom stereocenters. The molecule has 3 N–H and O–H groups in total. The predicted octanol–water partition coefficient (Wildman–Crippen LogP) is 1.53. The smallest absolute Gasteiger partial charge is 0.251 e. The van der Waals surface area contributed by atoms with Crippen molar-refractivity contribution in [2.24, 2.45) is 5.73 Å². The van der Waals surface area contributed by atoms with Gasteiger partial charge in [0.05, 0.1) is 13.1 Å². The zero-order chi connectivity index (χ0) is 15.2. The normalized spacial score (nSPS) is 9.86. The molecule has 0 aliphatic heterocycles. The highest BCUT2D eigenvalue weighted by Crippen LogP contribution is 2.13. The largest absolute Gasteiger partial charge is 0.361 e. The minimum absolute atomic E-state index is 0.162. The van der Waals surface area contributed by atoms with Crippen molar-refractivity contribution < 1.29 is 9.32 Å². The van der Waals surface area contributed by atoms with E-state index in [1.165, 1.54) is 0 Å². The van der Waals surface area contributed by atoms with Crippen molar-refractivity contribution in [1.29, 1.82) is 0 Å². The molecule has 0 aliphatic rings. The van der Waals surface area contributed by atoms with Crippen LogP contribution in [0.1, 0.15) is 32.9 Å². The summed E-state index contributed by atoms with van der Waals surface area (Å²) in [5, 5.41) is 6.65. The molecule has 108 valence electrons. The number of aryl methyl sites for hydroxylation is 1. The molecule has 5 nitrogen and oxygen atoms in total. The van der Waals surface area contributed by atoms with E-state index in [4.69, 9.17) is 10.3 Å². The van der Waals surface area contributed by atoms with Gasteiger partial charge in [-0.15, -0.1) is 0 Å². The van der Waals surface area contributed by atoms with Gasteiger partial charge in [0.2, 0.25) is 0 Å². The summed E-state index contributed by atoms with van der Waals surface area (Å²) in [6.07, 6.45) is 0. The van der Waals surface area contributed by atoms with Crippen LogP contribution >= 0.6 is 0 Å². The second-order valence-corrected chi connectivity index (χ2v) is 4.60. The van der Waals surface area contributed by atoms with Gasteiger partial charge in [-0.2, -0.15) is 0 Å². The van der Waals surface area contributed by atoms with E-state index < -0.39 is 0 Å². The summed E-state index contributed by atoms with van der Waals surface area (Å²) in [7, 11) is 0. The molecule has 0 aliphatic carbocycles. The maximum atomic E-state index is 12.2. The monoisotopic (exact) mass is 283 g/mol. The van der Waals surface area contributed by atoms with E-state index in [9.17, 15) is 4.79 Å². The first-order chi connectivity index (χ1) is 10.1. The van der Waals surface area contributed by atoms with Crippen LogP contribution in [0.25, 0.3) is 0 Å². The number of carbonyl (C=O) groups is 1. The van der Waals surface area contributed by atoms with E-state index in [0.717, 1.165) is 16.9 Å². The Kier molecular flexibility index (Phi) is 4.75. The molecule has 0 fully saturated rings. The lowest BCUT2D eigenvalue weighted by atomic mass is 10.0. The molecule has 1 aromatic carbocycles. The Balaban J connectivity index is 2.12. The van der Waals surface area contributed by atoms with Gasteiger partial charge in [0.1, 0.15) is 11.5 Å². The summed E-state index contributed by atoms with van der Waals surface area (Å²) < 4.78 is 4.96. The zero-order valence-corrected chi connectivity index (χ0v) is 12.1. The number of carbonyl (C=O) groups excluding carboxylic acids is 1. The molecule has 0 atom stereocenters. The number of hydrogen-bond acceptors (Lipinski definition) is 4. The van der Waals surface area contributed by atoms with Crippen molar-refractivity contribution in [3.8, 4) is 11.8 Å². The number of hydrogen-bond donors (Lipinski definition) is 2.